The molecule has 0 bridgehead atoms. The van der Waals surface area contributed by atoms with Gasteiger partial charge in [0.15, 0.2) is 0 Å². The van der Waals surface area contributed by atoms with Crippen LogP contribution in [0.25, 0.3) is 0 Å². The Morgan fingerprint density at radius 2 is 2.37 bits per heavy atom. The lowest BCUT2D eigenvalue weighted by Crippen LogP contribution is -2.34. The molecule has 1 aromatic rings. The van der Waals surface area contributed by atoms with Crippen LogP contribution in [0.5, 0.6) is 0 Å². The predicted octanol–water partition coefficient (Wildman–Crippen LogP) is 1.66. The molecule has 0 aliphatic carbocycles. The number of hydrogen-bond donors (Lipinski definition) is 1. The van der Waals surface area contributed by atoms with Crippen molar-refractivity contribution in [2.75, 3.05) is 26.8 Å². The summed E-state index contributed by atoms with van der Waals surface area (Å²) in [5, 5.41) is 7.65. The molecule has 5 heteroatoms. The fourth-order valence-corrected chi connectivity index (χ4v) is 1.94. The molecule has 0 aliphatic heterocycles. The highest BCUT2D eigenvalue weighted by Crippen LogP contribution is 2.22. The summed E-state index contributed by atoms with van der Waals surface area (Å²) < 4.78 is 7.02. The van der Waals surface area contributed by atoms with Crippen molar-refractivity contribution in [3.05, 3.63) is 24.8 Å². The largest absolute Gasteiger partial charge is 0.383 e. The first-order valence-electron chi connectivity index (χ1n) is 6.85. The molecular weight excluding hydrogens is 240 g/mol. The van der Waals surface area contributed by atoms with Gasteiger partial charge in [-0.25, -0.2) is 4.98 Å². The zero-order valence-electron chi connectivity index (χ0n) is 12.4. The summed E-state index contributed by atoms with van der Waals surface area (Å²) in [5.74, 6) is 1.03. The van der Waals surface area contributed by atoms with Gasteiger partial charge in [-0.05, 0) is 6.42 Å². The Morgan fingerprint density at radius 3 is 3.00 bits per heavy atom. The molecule has 1 unspecified atom stereocenters. The van der Waals surface area contributed by atoms with Crippen LogP contribution in [-0.2, 0) is 17.7 Å². The van der Waals surface area contributed by atoms with Gasteiger partial charge in [-0.3, -0.25) is 4.68 Å². The maximum Gasteiger partial charge on any atom is 0.138 e. The van der Waals surface area contributed by atoms with Crippen molar-refractivity contribution in [3.63, 3.8) is 0 Å². The van der Waals surface area contributed by atoms with Crippen LogP contribution < -0.4 is 5.32 Å². The Bertz CT molecular complexity index is 377. The molecule has 5 nitrogen and oxygen atoms in total. The van der Waals surface area contributed by atoms with Crippen LogP contribution in [0.4, 0.5) is 0 Å². The van der Waals surface area contributed by atoms with E-state index in [0.29, 0.717) is 0 Å². The van der Waals surface area contributed by atoms with Crippen molar-refractivity contribution < 1.29 is 4.74 Å². The highest BCUT2D eigenvalue weighted by molar-refractivity contribution is 5.01. The summed E-state index contributed by atoms with van der Waals surface area (Å²) in [7, 11) is 1.71. The molecule has 0 aliphatic rings. The Balaban J connectivity index is 2.58. The van der Waals surface area contributed by atoms with Crippen LogP contribution >= 0.6 is 0 Å². The molecule has 0 amide bonds. The SMILES string of the molecule is C=CC(C)(CNCCOC)Cc1ncnn1CCC. The number of rotatable bonds is 10. The second-order valence-corrected chi connectivity index (χ2v) is 5.10. The third-order valence-corrected chi connectivity index (χ3v) is 3.20. The van der Waals surface area contributed by atoms with Gasteiger partial charge < -0.3 is 10.1 Å². The lowest BCUT2D eigenvalue weighted by atomic mass is 9.86. The van der Waals surface area contributed by atoms with Crippen molar-refractivity contribution in [2.45, 2.75) is 33.2 Å². The fourth-order valence-electron chi connectivity index (χ4n) is 1.94. The highest BCUT2D eigenvalue weighted by Gasteiger charge is 2.23. The lowest BCUT2D eigenvalue weighted by molar-refractivity contribution is 0.195. The van der Waals surface area contributed by atoms with Crippen LogP contribution in [0.15, 0.2) is 19.0 Å². The maximum absolute atomic E-state index is 5.03. The minimum atomic E-state index is -0.0216. The van der Waals surface area contributed by atoms with Crippen molar-refractivity contribution in [3.8, 4) is 0 Å². The van der Waals surface area contributed by atoms with Crippen molar-refractivity contribution in [1.82, 2.24) is 20.1 Å². The first-order valence-corrected chi connectivity index (χ1v) is 6.85. The topological polar surface area (TPSA) is 52.0 Å². The van der Waals surface area contributed by atoms with Crippen molar-refractivity contribution in [2.24, 2.45) is 5.41 Å². The number of nitrogens with zero attached hydrogens (tertiary/aromatic N) is 3. The van der Waals surface area contributed by atoms with E-state index >= 15 is 0 Å². The molecule has 0 aromatic carbocycles. The highest BCUT2D eigenvalue weighted by atomic mass is 16.5. The maximum atomic E-state index is 5.03. The van der Waals surface area contributed by atoms with Crippen molar-refractivity contribution >= 4 is 0 Å². The molecule has 1 N–H and O–H groups in total. The predicted molar refractivity (Wildman–Crippen MR) is 77.1 cm³/mol. The summed E-state index contributed by atoms with van der Waals surface area (Å²) in [6, 6.07) is 0. The van der Waals surface area contributed by atoms with Gasteiger partial charge in [-0.15, -0.1) is 6.58 Å². The van der Waals surface area contributed by atoms with E-state index in [-0.39, 0.29) is 5.41 Å². The van der Waals surface area contributed by atoms with Crippen LogP contribution in [0.3, 0.4) is 0 Å². The number of nitrogens with one attached hydrogen (secondary N) is 1. The van der Waals surface area contributed by atoms with E-state index in [1.165, 1.54) is 0 Å². The van der Waals surface area contributed by atoms with Gasteiger partial charge in [0.2, 0.25) is 0 Å². The number of aromatic nitrogens is 3. The van der Waals surface area contributed by atoms with Gasteiger partial charge in [0.05, 0.1) is 6.61 Å². The number of methoxy groups -OCH3 is 1. The second kappa shape index (κ2) is 8.07. The Labute approximate surface area is 116 Å². The van der Waals surface area contributed by atoms with Crippen LogP contribution in [-0.4, -0.2) is 41.6 Å². The first-order chi connectivity index (χ1) is 9.15. The lowest BCUT2D eigenvalue weighted by Gasteiger charge is -2.26. The monoisotopic (exact) mass is 266 g/mol. The minimum absolute atomic E-state index is 0.0216. The Kier molecular flexibility index (Phi) is 6.73. The zero-order chi connectivity index (χ0) is 14.1. The van der Waals surface area contributed by atoms with Gasteiger partial charge in [0.25, 0.3) is 0 Å². The third-order valence-electron chi connectivity index (χ3n) is 3.20. The first kappa shape index (κ1) is 15.9. The zero-order valence-corrected chi connectivity index (χ0v) is 12.4. The van der Waals surface area contributed by atoms with E-state index in [4.69, 9.17) is 4.74 Å². The molecule has 1 atom stereocenters. The number of hydrogen-bond acceptors (Lipinski definition) is 4. The molecule has 0 saturated carbocycles. The molecule has 0 radical (unpaired) electrons. The molecular formula is C14H26N4O. The van der Waals surface area contributed by atoms with Crippen LogP contribution in [0.2, 0.25) is 0 Å². The average molecular weight is 266 g/mol. The van der Waals surface area contributed by atoms with Crippen LogP contribution in [0, 0.1) is 5.41 Å². The van der Waals surface area contributed by atoms with E-state index in [2.05, 4.69) is 35.8 Å². The number of aryl methyl sites for hydroxylation is 1. The molecule has 0 saturated heterocycles. The normalized spacial score (nSPS) is 14.3. The summed E-state index contributed by atoms with van der Waals surface area (Å²) in [5.41, 5.74) is -0.0216. The third kappa shape index (κ3) is 5.12. The average Bonchev–Trinajstić information content (AvgIpc) is 2.82. The molecule has 1 aromatic heterocycles. The van der Waals surface area contributed by atoms with Gasteiger partial charge in [-0.2, -0.15) is 5.10 Å². The van der Waals surface area contributed by atoms with E-state index in [0.717, 1.165) is 44.9 Å². The standard InChI is InChI=1S/C14H26N4O/c1-5-8-18-13(16-12-17-18)10-14(3,6-2)11-15-7-9-19-4/h6,12,15H,2,5,7-11H2,1,3-4H3. The van der Waals surface area contributed by atoms with Gasteiger partial charge in [0, 0.05) is 38.6 Å². The van der Waals surface area contributed by atoms with Crippen LogP contribution in [0.1, 0.15) is 26.1 Å². The Morgan fingerprint density at radius 1 is 1.58 bits per heavy atom. The van der Waals surface area contributed by atoms with Gasteiger partial charge >= 0.3 is 0 Å². The molecule has 0 spiro atoms. The minimum Gasteiger partial charge on any atom is -0.383 e. The fraction of sp³-hybridized carbons (Fsp3) is 0.714. The second-order valence-electron chi connectivity index (χ2n) is 5.10. The quantitative estimate of drug-likeness (QED) is 0.517. The van der Waals surface area contributed by atoms with E-state index in [1.807, 2.05) is 10.8 Å². The smallest absolute Gasteiger partial charge is 0.138 e. The van der Waals surface area contributed by atoms with E-state index < -0.39 is 0 Å². The van der Waals surface area contributed by atoms with E-state index in [9.17, 15) is 0 Å². The molecule has 108 valence electrons. The summed E-state index contributed by atoms with van der Waals surface area (Å²) in [6.07, 6.45) is 5.54. The molecule has 19 heavy (non-hydrogen) atoms. The molecule has 1 rings (SSSR count). The van der Waals surface area contributed by atoms with E-state index in [1.54, 1.807) is 13.4 Å². The van der Waals surface area contributed by atoms with Crippen molar-refractivity contribution in [1.29, 1.82) is 0 Å². The summed E-state index contributed by atoms with van der Waals surface area (Å²) >= 11 is 0. The summed E-state index contributed by atoms with van der Waals surface area (Å²) in [4.78, 5) is 4.36. The molecule has 1 heterocycles. The van der Waals surface area contributed by atoms with Gasteiger partial charge in [-0.1, -0.05) is 19.9 Å². The number of ether oxygens (including phenoxy) is 1. The van der Waals surface area contributed by atoms with Gasteiger partial charge in [0.1, 0.15) is 12.2 Å². The summed E-state index contributed by atoms with van der Waals surface area (Å²) in [6.45, 7) is 11.6. The molecule has 0 fully saturated rings. The Hall–Kier alpha value is -1.20.